The molecule has 0 amide bonds. The molecule has 1 unspecified atom stereocenters. The average molecular weight is 264 g/mol. The number of aldehydes is 1. The Bertz CT molecular complexity index is 442. The van der Waals surface area contributed by atoms with Gasteiger partial charge in [-0.25, -0.2) is 4.39 Å². The van der Waals surface area contributed by atoms with Crippen LogP contribution in [0.15, 0.2) is 18.2 Å². The van der Waals surface area contributed by atoms with Crippen molar-refractivity contribution in [3.8, 4) is 0 Å². The van der Waals surface area contributed by atoms with E-state index >= 15 is 0 Å². The number of carbonyl (C=O) groups excluding carboxylic acids is 1. The summed E-state index contributed by atoms with van der Waals surface area (Å²) in [5.41, 5.74) is 1.29. The van der Waals surface area contributed by atoms with E-state index in [-0.39, 0.29) is 5.82 Å². The van der Waals surface area contributed by atoms with E-state index in [1.165, 1.54) is 12.1 Å². The number of piperazine rings is 1. The lowest BCUT2D eigenvalue weighted by Gasteiger charge is -2.39. The summed E-state index contributed by atoms with van der Waals surface area (Å²) in [4.78, 5) is 15.7. The van der Waals surface area contributed by atoms with Crippen LogP contribution in [-0.4, -0.2) is 43.4 Å². The molecule has 1 aliphatic heterocycles. The summed E-state index contributed by atoms with van der Waals surface area (Å²) < 4.78 is 13.1. The average Bonchev–Trinajstić information content (AvgIpc) is 2.46. The normalized spacial score (nSPS) is 18.4. The first kappa shape index (κ1) is 14.0. The number of halogens is 1. The fraction of sp³-hybridized carbons (Fsp3) is 0.533. The molecular formula is C15H21FN2O. The highest BCUT2D eigenvalue weighted by Gasteiger charge is 2.21. The van der Waals surface area contributed by atoms with Crippen LogP contribution in [0.3, 0.4) is 0 Å². The van der Waals surface area contributed by atoms with Crippen LogP contribution in [0.25, 0.3) is 0 Å². The summed E-state index contributed by atoms with van der Waals surface area (Å²) >= 11 is 0. The quantitative estimate of drug-likeness (QED) is 0.781. The van der Waals surface area contributed by atoms with Gasteiger partial charge >= 0.3 is 0 Å². The van der Waals surface area contributed by atoms with E-state index in [9.17, 15) is 9.18 Å². The van der Waals surface area contributed by atoms with Crippen molar-refractivity contribution in [3.63, 3.8) is 0 Å². The first-order chi connectivity index (χ1) is 9.15. The van der Waals surface area contributed by atoms with Crippen molar-refractivity contribution < 1.29 is 9.18 Å². The van der Waals surface area contributed by atoms with Gasteiger partial charge in [0, 0.05) is 43.5 Å². The van der Waals surface area contributed by atoms with E-state index in [0.29, 0.717) is 11.6 Å². The van der Waals surface area contributed by atoms with Gasteiger partial charge in [-0.2, -0.15) is 0 Å². The predicted molar refractivity (Wildman–Crippen MR) is 75.3 cm³/mol. The highest BCUT2D eigenvalue weighted by molar-refractivity contribution is 5.84. The third kappa shape index (κ3) is 3.13. The number of anilines is 1. The van der Waals surface area contributed by atoms with Gasteiger partial charge in [-0.1, -0.05) is 6.92 Å². The first-order valence-corrected chi connectivity index (χ1v) is 6.89. The molecule has 0 spiro atoms. The third-order valence-corrected chi connectivity index (χ3v) is 3.99. The summed E-state index contributed by atoms with van der Waals surface area (Å²) in [6.45, 7) is 8.19. The molecule has 1 atom stereocenters. The monoisotopic (exact) mass is 264 g/mol. The van der Waals surface area contributed by atoms with Crippen molar-refractivity contribution >= 4 is 12.0 Å². The number of hydrogen-bond donors (Lipinski definition) is 0. The molecule has 0 bridgehead atoms. The van der Waals surface area contributed by atoms with Gasteiger partial charge in [0.25, 0.3) is 0 Å². The van der Waals surface area contributed by atoms with Crippen molar-refractivity contribution in [2.75, 3.05) is 31.1 Å². The number of hydrogen-bond acceptors (Lipinski definition) is 3. The molecule has 0 aliphatic carbocycles. The van der Waals surface area contributed by atoms with Crippen LogP contribution in [0.5, 0.6) is 0 Å². The fourth-order valence-electron chi connectivity index (χ4n) is 2.57. The van der Waals surface area contributed by atoms with E-state index < -0.39 is 0 Å². The minimum absolute atomic E-state index is 0.357. The van der Waals surface area contributed by atoms with Gasteiger partial charge < -0.3 is 4.90 Å². The number of nitrogens with zero attached hydrogens (tertiary/aromatic N) is 2. The zero-order chi connectivity index (χ0) is 13.8. The largest absolute Gasteiger partial charge is 0.368 e. The lowest BCUT2D eigenvalue weighted by molar-refractivity contribution is 0.112. The zero-order valence-electron chi connectivity index (χ0n) is 11.6. The van der Waals surface area contributed by atoms with Crippen molar-refractivity contribution in [2.24, 2.45) is 0 Å². The molecule has 0 aromatic heterocycles. The van der Waals surface area contributed by atoms with E-state index in [0.717, 1.165) is 44.6 Å². The SMILES string of the molecule is CCC(C)N1CCN(c2ccc(F)cc2C=O)CC1. The molecule has 2 rings (SSSR count). The molecule has 0 N–H and O–H groups in total. The second-order valence-electron chi connectivity index (χ2n) is 5.10. The van der Waals surface area contributed by atoms with Gasteiger partial charge in [0.05, 0.1) is 0 Å². The lowest BCUT2D eigenvalue weighted by Crippen LogP contribution is -2.49. The number of rotatable bonds is 4. The summed E-state index contributed by atoms with van der Waals surface area (Å²) in [5.74, 6) is -0.357. The van der Waals surface area contributed by atoms with Gasteiger partial charge in [-0.3, -0.25) is 9.69 Å². The van der Waals surface area contributed by atoms with Crippen LogP contribution >= 0.6 is 0 Å². The minimum Gasteiger partial charge on any atom is -0.368 e. The Labute approximate surface area is 114 Å². The van der Waals surface area contributed by atoms with E-state index in [1.54, 1.807) is 6.07 Å². The molecule has 0 saturated carbocycles. The van der Waals surface area contributed by atoms with Gasteiger partial charge in [0.15, 0.2) is 6.29 Å². The van der Waals surface area contributed by atoms with E-state index in [2.05, 4.69) is 23.6 Å². The molecule has 0 radical (unpaired) electrons. The molecule has 1 aromatic rings. The van der Waals surface area contributed by atoms with Crippen molar-refractivity contribution in [1.29, 1.82) is 0 Å². The minimum atomic E-state index is -0.357. The zero-order valence-corrected chi connectivity index (χ0v) is 11.6. The van der Waals surface area contributed by atoms with Crippen LogP contribution in [0.1, 0.15) is 30.6 Å². The molecular weight excluding hydrogens is 243 g/mol. The second kappa shape index (κ2) is 6.15. The summed E-state index contributed by atoms with van der Waals surface area (Å²) in [7, 11) is 0. The standard InChI is InChI=1S/C15H21FN2O/c1-3-12(2)17-6-8-18(9-7-17)15-5-4-14(16)10-13(15)11-19/h4-5,10-12H,3,6-9H2,1-2H3. The van der Waals surface area contributed by atoms with Crippen LogP contribution < -0.4 is 4.90 Å². The maximum Gasteiger partial charge on any atom is 0.152 e. The predicted octanol–water partition coefficient (Wildman–Crippen LogP) is 2.56. The van der Waals surface area contributed by atoms with Gasteiger partial charge in [-0.05, 0) is 31.5 Å². The molecule has 1 fully saturated rings. The Morgan fingerprint density at radius 1 is 1.32 bits per heavy atom. The lowest BCUT2D eigenvalue weighted by atomic mass is 10.1. The van der Waals surface area contributed by atoms with Gasteiger partial charge in [0.1, 0.15) is 5.82 Å². The van der Waals surface area contributed by atoms with Gasteiger partial charge in [-0.15, -0.1) is 0 Å². The van der Waals surface area contributed by atoms with E-state index in [1.807, 2.05) is 0 Å². The topological polar surface area (TPSA) is 23.6 Å². The van der Waals surface area contributed by atoms with Crippen molar-refractivity contribution in [3.05, 3.63) is 29.6 Å². The van der Waals surface area contributed by atoms with E-state index in [4.69, 9.17) is 0 Å². The number of carbonyl (C=O) groups is 1. The van der Waals surface area contributed by atoms with Crippen LogP contribution in [0, 0.1) is 5.82 Å². The highest BCUT2D eigenvalue weighted by Crippen LogP contribution is 2.22. The van der Waals surface area contributed by atoms with Crippen LogP contribution in [0.4, 0.5) is 10.1 Å². The summed E-state index contributed by atoms with van der Waals surface area (Å²) in [6, 6.07) is 5.03. The Balaban J connectivity index is 2.07. The molecule has 1 saturated heterocycles. The first-order valence-electron chi connectivity index (χ1n) is 6.89. The number of benzene rings is 1. The second-order valence-corrected chi connectivity index (χ2v) is 5.10. The highest BCUT2D eigenvalue weighted by atomic mass is 19.1. The molecule has 3 nitrogen and oxygen atoms in total. The molecule has 19 heavy (non-hydrogen) atoms. The molecule has 1 heterocycles. The third-order valence-electron chi connectivity index (χ3n) is 3.99. The molecule has 4 heteroatoms. The maximum atomic E-state index is 13.1. The van der Waals surface area contributed by atoms with Crippen LogP contribution in [-0.2, 0) is 0 Å². The maximum absolute atomic E-state index is 13.1. The van der Waals surface area contributed by atoms with Crippen molar-refractivity contribution in [2.45, 2.75) is 26.3 Å². The molecule has 104 valence electrons. The smallest absolute Gasteiger partial charge is 0.152 e. The van der Waals surface area contributed by atoms with Crippen molar-refractivity contribution in [1.82, 2.24) is 4.90 Å². The summed E-state index contributed by atoms with van der Waals surface area (Å²) in [5, 5.41) is 0. The Hall–Kier alpha value is -1.42. The Morgan fingerprint density at radius 2 is 2.00 bits per heavy atom. The molecule has 1 aromatic carbocycles. The Morgan fingerprint density at radius 3 is 2.58 bits per heavy atom. The summed E-state index contributed by atoms with van der Waals surface area (Å²) in [6.07, 6.45) is 1.88. The Kier molecular flexibility index (Phi) is 4.53. The fourth-order valence-corrected chi connectivity index (χ4v) is 2.57. The van der Waals surface area contributed by atoms with Gasteiger partial charge in [0.2, 0.25) is 0 Å². The van der Waals surface area contributed by atoms with Crippen LogP contribution in [0.2, 0.25) is 0 Å². The molecule has 1 aliphatic rings.